The minimum Gasteiger partial charge on any atom is -0.340 e. The molecule has 3 nitrogen and oxygen atoms in total. The van der Waals surface area contributed by atoms with Crippen LogP contribution in [0.2, 0.25) is 0 Å². The summed E-state index contributed by atoms with van der Waals surface area (Å²) in [6.45, 7) is 10.9. The number of nitrogens with zero attached hydrogens (tertiary/aromatic N) is 2. The molecule has 24 heavy (non-hydrogen) atoms. The van der Waals surface area contributed by atoms with Crippen molar-refractivity contribution in [3.8, 4) is 0 Å². The van der Waals surface area contributed by atoms with E-state index in [1.54, 1.807) is 0 Å². The van der Waals surface area contributed by atoms with E-state index in [-0.39, 0.29) is 5.41 Å². The molecule has 128 valence electrons. The van der Waals surface area contributed by atoms with E-state index in [1.165, 1.54) is 16.3 Å². The van der Waals surface area contributed by atoms with Gasteiger partial charge in [0, 0.05) is 39.1 Å². The molecular formula is C21H28N2O. The van der Waals surface area contributed by atoms with Crippen LogP contribution in [0.4, 0.5) is 0 Å². The predicted octanol–water partition coefficient (Wildman–Crippen LogP) is 3.92. The SMILES string of the molecule is CC(C)(C)CC(=O)N1CCN(Cc2cccc3ccccc23)CC1. The van der Waals surface area contributed by atoms with Crippen molar-refractivity contribution in [1.82, 2.24) is 9.80 Å². The fraction of sp³-hybridized carbons (Fsp3) is 0.476. The molecule has 2 aromatic rings. The van der Waals surface area contributed by atoms with Crippen LogP contribution in [0.15, 0.2) is 42.5 Å². The Bertz CT molecular complexity index is 704. The Labute approximate surface area is 145 Å². The van der Waals surface area contributed by atoms with E-state index >= 15 is 0 Å². The van der Waals surface area contributed by atoms with Crippen LogP contribution >= 0.6 is 0 Å². The lowest BCUT2D eigenvalue weighted by Crippen LogP contribution is -2.48. The van der Waals surface area contributed by atoms with Gasteiger partial charge in [0.05, 0.1) is 0 Å². The van der Waals surface area contributed by atoms with Crippen molar-refractivity contribution in [2.24, 2.45) is 5.41 Å². The molecule has 1 saturated heterocycles. The van der Waals surface area contributed by atoms with Gasteiger partial charge in [-0.15, -0.1) is 0 Å². The van der Waals surface area contributed by atoms with Crippen LogP contribution in [-0.4, -0.2) is 41.9 Å². The lowest BCUT2D eigenvalue weighted by molar-refractivity contribution is -0.134. The van der Waals surface area contributed by atoms with Crippen molar-refractivity contribution >= 4 is 16.7 Å². The summed E-state index contributed by atoms with van der Waals surface area (Å²) in [5.74, 6) is 0.298. The normalized spacial score (nSPS) is 16.5. The summed E-state index contributed by atoms with van der Waals surface area (Å²) in [5, 5.41) is 2.64. The summed E-state index contributed by atoms with van der Waals surface area (Å²) in [6, 6.07) is 15.1. The second-order valence-corrected chi connectivity index (χ2v) is 8.03. The van der Waals surface area contributed by atoms with E-state index in [2.05, 4.69) is 68.1 Å². The quantitative estimate of drug-likeness (QED) is 0.854. The molecule has 1 aliphatic heterocycles. The maximum absolute atomic E-state index is 12.4. The van der Waals surface area contributed by atoms with E-state index in [0.717, 1.165) is 32.7 Å². The van der Waals surface area contributed by atoms with E-state index in [1.807, 2.05) is 4.90 Å². The van der Waals surface area contributed by atoms with Crippen LogP contribution in [0.1, 0.15) is 32.8 Å². The van der Waals surface area contributed by atoms with Crippen molar-refractivity contribution in [2.75, 3.05) is 26.2 Å². The highest BCUT2D eigenvalue weighted by atomic mass is 16.2. The molecule has 1 heterocycles. The largest absolute Gasteiger partial charge is 0.340 e. The molecule has 1 aliphatic rings. The average molecular weight is 324 g/mol. The summed E-state index contributed by atoms with van der Waals surface area (Å²) in [4.78, 5) is 16.9. The maximum Gasteiger partial charge on any atom is 0.223 e. The van der Waals surface area contributed by atoms with Gasteiger partial charge in [0.15, 0.2) is 0 Å². The number of fused-ring (bicyclic) bond motifs is 1. The van der Waals surface area contributed by atoms with E-state index in [9.17, 15) is 4.79 Å². The first kappa shape index (κ1) is 17.0. The molecule has 0 aromatic heterocycles. The van der Waals surface area contributed by atoms with Gasteiger partial charge in [-0.3, -0.25) is 9.69 Å². The predicted molar refractivity (Wildman–Crippen MR) is 99.9 cm³/mol. The number of amides is 1. The third-order valence-corrected chi connectivity index (χ3v) is 4.68. The minimum absolute atomic E-state index is 0.0666. The molecule has 0 unspecified atom stereocenters. The molecule has 0 N–H and O–H groups in total. The van der Waals surface area contributed by atoms with Crippen LogP contribution in [-0.2, 0) is 11.3 Å². The van der Waals surface area contributed by atoms with Gasteiger partial charge >= 0.3 is 0 Å². The lowest BCUT2D eigenvalue weighted by Gasteiger charge is -2.36. The number of hydrogen-bond acceptors (Lipinski definition) is 2. The Kier molecular flexibility index (Phi) is 4.91. The summed E-state index contributed by atoms with van der Waals surface area (Å²) in [6.07, 6.45) is 0.635. The number of benzene rings is 2. The van der Waals surface area contributed by atoms with Gasteiger partial charge < -0.3 is 4.90 Å². The number of carbonyl (C=O) groups is 1. The molecule has 0 bridgehead atoms. The average Bonchev–Trinajstić information content (AvgIpc) is 2.54. The fourth-order valence-corrected chi connectivity index (χ4v) is 3.39. The van der Waals surface area contributed by atoms with Gasteiger partial charge in [-0.25, -0.2) is 0 Å². The number of piperazine rings is 1. The maximum atomic E-state index is 12.4. The van der Waals surface area contributed by atoms with Crippen LogP contribution in [0.3, 0.4) is 0 Å². The van der Waals surface area contributed by atoms with Crippen LogP contribution in [0.5, 0.6) is 0 Å². The lowest BCUT2D eigenvalue weighted by atomic mass is 9.91. The third kappa shape index (κ3) is 4.15. The second-order valence-electron chi connectivity index (χ2n) is 8.03. The number of hydrogen-bond donors (Lipinski definition) is 0. The van der Waals surface area contributed by atoms with Crippen molar-refractivity contribution in [3.63, 3.8) is 0 Å². The van der Waals surface area contributed by atoms with Crippen LogP contribution < -0.4 is 0 Å². The summed E-state index contributed by atoms with van der Waals surface area (Å²) in [7, 11) is 0. The Balaban J connectivity index is 1.60. The van der Waals surface area contributed by atoms with E-state index in [0.29, 0.717) is 12.3 Å². The Morgan fingerprint density at radius 1 is 0.958 bits per heavy atom. The van der Waals surface area contributed by atoms with Gasteiger partial charge in [-0.2, -0.15) is 0 Å². The Morgan fingerprint density at radius 3 is 2.33 bits per heavy atom. The molecule has 0 aliphatic carbocycles. The molecule has 0 atom stereocenters. The first-order valence-electron chi connectivity index (χ1n) is 8.89. The molecule has 1 amide bonds. The topological polar surface area (TPSA) is 23.6 Å². The van der Waals surface area contributed by atoms with E-state index < -0.39 is 0 Å². The smallest absolute Gasteiger partial charge is 0.223 e. The molecular weight excluding hydrogens is 296 g/mol. The zero-order valence-corrected chi connectivity index (χ0v) is 15.1. The Hall–Kier alpha value is -1.87. The summed E-state index contributed by atoms with van der Waals surface area (Å²) in [5.41, 5.74) is 1.44. The van der Waals surface area contributed by atoms with Crippen LogP contribution in [0, 0.1) is 5.41 Å². The van der Waals surface area contributed by atoms with Gasteiger partial charge in [0.1, 0.15) is 0 Å². The zero-order valence-electron chi connectivity index (χ0n) is 15.1. The van der Waals surface area contributed by atoms with Crippen molar-refractivity contribution in [1.29, 1.82) is 0 Å². The monoisotopic (exact) mass is 324 g/mol. The third-order valence-electron chi connectivity index (χ3n) is 4.68. The fourth-order valence-electron chi connectivity index (χ4n) is 3.39. The van der Waals surface area contributed by atoms with Crippen molar-refractivity contribution in [2.45, 2.75) is 33.7 Å². The number of rotatable bonds is 3. The highest BCUT2D eigenvalue weighted by Crippen LogP contribution is 2.22. The zero-order chi connectivity index (χ0) is 17.2. The van der Waals surface area contributed by atoms with Crippen LogP contribution in [0.25, 0.3) is 10.8 Å². The van der Waals surface area contributed by atoms with Gasteiger partial charge in [0.2, 0.25) is 5.91 Å². The standard InChI is InChI=1S/C21H28N2O/c1-21(2,3)15-20(24)23-13-11-22(12-14-23)16-18-9-6-8-17-7-4-5-10-19(17)18/h4-10H,11-16H2,1-3H3. The van der Waals surface area contributed by atoms with Crippen molar-refractivity contribution < 1.29 is 4.79 Å². The molecule has 0 radical (unpaired) electrons. The highest BCUT2D eigenvalue weighted by molar-refractivity contribution is 5.85. The van der Waals surface area contributed by atoms with Crippen molar-refractivity contribution in [3.05, 3.63) is 48.0 Å². The van der Waals surface area contributed by atoms with Gasteiger partial charge in [-0.1, -0.05) is 63.2 Å². The molecule has 0 spiro atoms. The molecule has 3 heteroatoms. The first-order chi connectivity index (χ1) is 11.4. The summed E-state index contributed by atoms with van der Waals surface area (Å²) >= 11 is 0. The first-order valence-corrected chi connectivity index (χ1v) is 8.89. The van der Waals surface area contributed by atoms with E-state index in [4.69, 9.17) is 0 Å². The molecule has 1 fully saturated rings. The number of carbonyl (C=O) groups excluding carboxylic acids is 1. The highest BCUT2D eigenvalue weighted by Gasteiger charge is 2.24. The minimum atomic E-state index is 0.0666. The molecule has 0 saturated carbocycles. The van der Waals surface area contributed by atoms with Gasteiger partial charge in [0.25, 0.3) is 0 Å². The van der Waals surface area contributed by atoms with Gasteiger partial charge in [-0.05, 0) is 21.8 Å². The second kappa shape index (κ2) is 6.94. The Morgan fingerprint density at radius 2 is 1.62 bits per heavy atom. The molecule has 3 rings (SSSR count). The molecule has 2 aromatic carbocycles. The summed E-state index contributed by atoms with van der Waals surface area (Å²) < 4.78 is 0.